The lowest BCUT2D eigenvalue weighted by atomic mass is 10.1. The summed E-state index contributed by atoms with van der Waals surface area (Å²) < 4.78 is 4.96. The lowest BCUT2D eigenvalue weighted by molar-refractivity contribution is 0.0546. The van der Waals surface area contributed by atoms with Crippen LogP contribution in [0.1, 0.15) is 36.6 Å². The SMILES string of the molecule is C=C(Cl)COC(=O)c1ccc2c(c1)C(=O)N(c1ccccc1C)C2=O. The molecule has 126 valence electrons. The molecule has 1 aliphatic heterocycles. The predicted octanol–water partition coefficient (Wildman–Crippen LogP) is 3.70. The summed E-state index contributed by atoms with van der Waals surface area (Å²) in [5.74, 6) is -1.52. The third-order valence-electron chi connectivity index (χ3n) is 3.84. The Labute approximate surface area is 149 Å². The van der Waals surface area contributed by atoms with Gasteiger partial charge in [-0.3, -0.25) is 9.59 Å². The number of amides is 2. The maximum atomic E-state index is 12.7. The van der Waals surface area contributed by atoms with Gasteiger partial charge in [-0.25, -0.2) is 9.69 Å². The summed E-state index contributed by atoms with van der Waals surface area (Å²) in [5.41, 5.74) is 1.93. The zero-order chi connectivity index (χ0) is 18.1. The van der Waals surface area contributed by atoms with E-state index in [9.17, 15) is 14.4 Å². The summed E-state index contributed by atoms with van der Waals surface area (Å²) in [6.07, 6.45) is 0. The van der Waals surface area contributed by atoms with Crippen LogP contribution in [0, 0.1) is 6.92 Å². The van der Waals surface area contributed by atoms with Crippen molar-refractivity contribution in [1.82, 2.24) is 0 Å². The molecule has 0 unspecified atom stereocenters. The second-order valence-corrected chi connectivity index (χ2v) is 6.12. The molecule has 0 fully saturated rings. The lowest BCUT2D eigenvalue weighted by Gasteiger charge is -2.16. The van der Waals surface area contributed by atoms with Crippen molar-refractivity contribution in [2.45, 2.75) is 6.92 Å². The molecule has 0 saturated heterocycles. The molecule has 2 amide bonds. The summed E-state index contributed by atoms with van der Waals surface area (Å²) in [7, 11) is 0. The van der Waals surface area contributed by atoms with Crippen molar-refractivity contribution in [3.63, 3.8) is 0 Å². The fraction of sp³-hybridized carbons (Fsp3) is 0.105. The molecule has 2 aromatic rings. The van der Waals surface area contributed by atoms with E-state index in [1.54, 1.807) is 12.1 Å². The Morgan fingerprint density at radius 2 is 1.80 bits per heavy atom. The van der Waals surface area contributed by atoms with Crippen molar-refractivity contribution in [2.75, 3.05) is 11.5 Å². The van der Waals surface area contributed by atoms with E-state index < -0.39 is 17.8 Å². The first kappa shape index (κ1) is 16.9. The maximum absolute atomic E-state index is 12.7. The van der Waals surface area contributed by atoms with Crippen LogP contribution >= 0.6 is 11.6 Å². The van der Waals surface area contributed by atoms with E-state index in [-0.39, 0.29) is 28.3 Å². The van der Waals surface area contributed by atoms with Crippen LogP contribution in [0.15, 0.2) is 54.1 Å². The van der Waals surface area contributed by atoms with E-state index in [2.05, 4.69) is 6.58 Å². The van der Waals surface area contributed by atoms with Gasteiger partial charge in [0.1, 0.15) is 6.61 Å². The highest BCUT2D eigenvalue weighted by Gasteiger charge is 2.37. The van der Waals surface area contributed by atoms with Gasteiger partial charge in [0.05, 0.1) is 22.4 Å². The zero-order valence-electron chi connectivity index (χ0n) is 13.4. The third kappa shape index (κ3) is 3.06. The van der Waals surface area contributed by atoms with Crippen LogP contribution in [-0.4, -0.2) is 24.4 Å². The molecule has 0 radical (unpaired) electrons. The highest BCUT2D eigenvalue weighted by molar-refractivity contribution is 6.35. The van der Waals surface area contributed by atoms with Gasteiger partial charge in [0.15, 0.2) is 0 Å². The quantitative estimate of drug-likeness (QED) is 0.619. The number of ether oxygens (including phenoxy) is 1. The average molecular weight is 356 g/mol. The summed E-state index contributed by atoms with van der Waals surface area (Å²) in [5, 5.41) is 0.187. The van der Waals surface area contributed by atoms with Crippen LogP contribution in [0.3, 0.4) is 0 Å². The van der Waals surface area contributed by atoms with E-state index in [1.807, 2.05) is 19.1 Å². The number of para-hydroxylation sites is 1. The highest BCUT2D eigenvalue weighted by atomic mass is 35.5. The van der Waals surface area contributed by atoms with E-state index in [4.69, 9.17) is 16.3 Å². The van der Waals surface area contributed by atoms with Crippen LogP contribution in [0.4, 0.5) is 5.69 Å². The molecule has 2 aromatic carbocycles. The molecule has 1 heterocycles. The Bertz CT molecular complexity index is 919. The minimum absolute atomic E-state index is 0.125. The van der Waals surface area contributed by atoms with Crippen molar-refractivity contribution < 1.29 is 19.1 Å². The number of rotatable bonds is 4. The number of hydrogen-bond acceptors (Lipinski definition) is 4. The smallest absolute Gasteiger partial charge is 0.338 e. The van der Waals surface area contributed by atoms with Crippen molar-refractivity contribution in [3.05, 3.63) is 76.3 Å². The van der Waals surface area contributed by atoms with E-state index in [1.165, 1.54) is 18.2 Å². The topological polar surface area (TPSA) is 63.7 Å². The fourth-order valence-electron chi connectivity index (χ4n) is 2.63. The van der Waals surface area contributed by atoms with Gasteiger partial charge in [-0.2, -0.15) is 0 Å². The van der Waals surface area contributed by atoms with Crippen LogP contribution in [0.5, 0.6) is 0 Å². The predicted molar refractivity (Wildman–Crippen MR) is 94.0 cm³/mol. The molecule has 25 heavy (non-hydrogen) atoms. The number of carbonyl (C=O) groups is 3. The van der Waals surface area contributed by atoms with Crippen LogP contribution < -0.4 is 4.90 Å². The maximum Gasteiger partial charge on any atom is 0.338 e. The number of carbonyl (C=O) groups excluding carboxylic acids is 3. The van der Waals surface area contributed by atoms with Crippen LogP contribution in [-0.2, 0) is 4.74 Å². The van der Waals surface area contributed by atoms with E-state index in [0.29, 0.717) is 5.69 Å². The van der Waals surface area contributed by atoms with Crippen LogP contribution in [0.25, 0.3) is 0 Å². The lowest BCUT2D eigenvalue weighted by Crippen LogP contribution is -2.29. The van der Waals surface area contributed by atoms with Crippen molar-refractivity contribution in [1.29, 1.82) is 0 Å². The van der Waals surface area contributed by atoms with Gasteiger partial charge in [-0.15, -0.1) is 0 Å². The van der Waals surface area contributed by atoms with Gasteiger partial charge >= 0.3 is 5.97 Å². The minimum Gasteiger partial charge on any atom is -0.456 e. The van der Waals surface area contributed by atoms with Gasteiger partial charge in [-0.05, 0) is 36.8 Å². The van der Waals surface area contributed by atoms with Gasteiger partial charge in [0.25, 0.3) is 11.8 Å². The molecule has 0 spiro atoms. The number of esters is 1. The van der Waals surface area contributed by atoms with E-state index in [0.717, 1.165) is 10.5 Å². The average Bonchev–Trinajstić information content (AvgIpc) is 2.84. The zero-order valence-corrected chi connectivity index (χ0v) is 14.2. The molecular formula is C19H14ClNO4. The Morgan fingerprint density at radius 3 is 2.48 bits per heavy atom. The number of hydrogen-bond donors (Lipinski definition) is 0. The van der Waals surface area contributed by atoms with Crippen molar-refractivity contribution in [2.24, 2.45) is 0 Å². The van der Waals surface area contributed by atoms with Gasteiger partial charge in [0.2, 0.25) is 0 Å². The van der Waals surface area contributed by atoms with Crippen LogP contribution in [0.2, 0.25) is 0 Å². The molecule has 0 bridgehead atoms. The molecule has 3 rings (SSSR count). The molecule has 5 nitrogen and oxygen atoms in total. The van der Waals surface area contributed by atoms with Crippen molar-refractivity contribution in [3.8, 4) is 0 Å². The fourth-order valence-corrected chi connectivity index (χ4v) is 2.68. The largest absolute Gasteiger partial charge is 0.456 e. The summed E-state index contributed by atoms with van der Waals surface area (Å²) >= 11 is 5.57. The first-order chi connectivity index (χ1) is 11.9. The number of halogens is 1. The van der Waals surface area contributed by atoms with Crippen molar-refractivity contribution >= 4 is 35.1 Å². The molecule has 0 N–H and O–H groups in total. The Morgan fingerprint density at radius 1 is 1.12 bits per heavy atom. The number of nitrogens with zero attached hydrogens (tertiary/aromatic N) is 1. The molecule has 1 aliphatic rings. The van der Waals surface area contributed by atoms with Gasteiger partial charge in [-0.1, -0.05) is 36.4 Å². The van der Waals surface area contributed by atoms with Gasteiger partial charge in [0, 0.05) is 5.03 Å². The second kappa shape index (κ2) is 6.53. The molecule has 6 heteroatoms. The molecule has 0 aromatic heterocycles. The van der Waals surface area contributed by atoms with Gasteiger partial charge < -0.3 is 4.74 Å². The number of anilines is 1. The number of benzene rings is 2. The Hall–Kier alpha value is -2.92. The number of imide groups is 1. The third-order valence-corrected chi connectivity index (χ3v) is 3.95. The number of fused-ring (bicyclic) bond motifs is 1. The Balaban J connectivity index is 1.95. The molecule has 0 atom stereocenters. The minimum atomic E-state index is -0.640. The normalized spacial score (nSPS) is 13.0. The first-order valence-corrected chi connectivity index (χ1v) is 7.87. The van der Waals surface area contributed by atoms with E-state index >= 15 is 0 Å². The monoisotopic (exact) mass is 355 g/mol. The number of aryl methyl sites for hydroxylation is 1. The Kier molecular flexibility index (Phi) is 4.42. The summed E-state index contributed by atoms with van der Waals surface area (Å²) in [6, 6.07) is 11.4. The summed E-state index contributed by atoms with van der Waals surface area (Å²) in [6.45, 7) is 5.13. The second-order valence-electron chi connectivity index (χ2n) is 5.59. The first-order valence-electron chi connectivity index (χ1n) is 7.49. The highest BCUT2D eigenvalue weighted by Crippen LogP contribution is 2.31. The summed E-state index contributed by atoms with van der Waals surface area (Å²) in [4.78, 5) is 38.5. The molecular weight excluding hydrogens is 342 g/mol. The molecule has 0 saturated carbocycles. The standard InChI is InChI=1S/C19H14ClNO4/c1-11-5-3-4-6-16(11)21-17(22)14-8-7-13(9-15(14)18(21)23)19(24)25-10-12(2)20/h3-9H,2,10H2,1H3. The molecule has 0 aliphatic carbocycles.